The molecule has 0 radical (unpaired) electrons. The molecule has 0 amide bonds. The number of pyridine rings is 1. The zero-order valence-corrected chi connectivity index (χ0v) is 13.8. The number of thiazole rings is 1. The number of hydrogen-bond acceptors (Lipinski definition) is 5. The van der Waals surface area contributed by atoms with Gasteiger partial charge in [-0.1, -0.05) is 6.07 Å². The van der Waals surface area contributed by atoms with E-state index >= 15 is 0 Å². The van der Waals surface area contributed by atoms with Crippen molar-refractivity contribution < 1.29 is 9.31 Å². The second-order valence-corrected chi connectivity index (χ2v) is 7.19. The van der Waals surface area contributed by atoms with Crippen molar-refractivity contribution in [3.8, 4) is 10.7 Å². The minimum atomic E-state index is -0.434. The van der Waals surface area contributed by atoms with Crippen molar-refractivity contribution in [3.05, 3.63) is 29.3 Å². The molecule has 4 nitrogen and oxygen atoms in total. The summed E-state index contributed by atoms with van der Waals surface area (Å²) >= 11 is 1.60. The Kier molecular flexibility index (Phi) is 3.43. The first-order valence-corrected chi connectivity index (χ1v) is 7.91. The summed E-state index contributed by atoms with van der Waals surface area (Å²) in [5, 5.41) is 2.95. The van der Waals surface area contributed by atoms with Crippen molar-refractivity contribution in [1.82, 2.24) is 9.97 Å². The van der Waals surface area contributed by atoms with Crippen LogP contribution in [0.25, 0.3) is 10.7 Å². The number of aryl methyl sites for hydroxylation is 1. The number of aromatic nitrogens is 2. The van der Waals surface area contributed by atoms with E-state index in [1.807, 2.05) is 58.2 Å². The van der Waals surface area contributed by atoms with Gasteiger partial charge in [0.15, 0.2) is 0 Å². The molecule has 0 saturated carbocycles. The third-order valence-corrected chi connectivity index (χ3v) is 5.09. The van der Waals surface area contributed by atoms with Crippen molar-refractivity contribution >= 4 is 24.0 Å². The highest BCUT2D eigenvalue weighted by Gasteiger charge is 2.52. The maximum atomic E-state index is 6.04. The van der Waals surface area contributed by atoms with E-state index in [2.05, 4.69) is 9.97 Å². The Morgan fingerprint density at radius 2 is 1.71 bits per heavy atom. The first kappa shape index (κ1) is 14.7. The first-order chi connectivity index (χ1) is 9.78. The minimum Gasteiger partial charge on any atom is -0.398 e. The topological polar surface area (TPSA) is 44.2 Å². The molecule has 1 aliphatic heterocycles. The maximum absolute atomic E-state index is 6.04. The van der Waals surface area contributed by atoms with Crippen LogP contribution in [-0.2, 0) is 9.31 Å². The smallest absolute Gasteiger partial charge is 0.398 e. The molecule has 6 heteroatoms. The summed E-state index contributed by atoms with van der Waals surface area (Å²) in [6.07, 6.45) is 0. The predicted octanol–water partition coefficient (Wildman–Crippen LogP) is 2.81. The number of rotatable bonds is 2. The van der Waals surface area contributed by atoms with Gasteiger partial charge in [0.05, 0.1) is 22.5 Å². The number of nitrogens with zero attached hydrogens (tertiary/aromatic N) is 2. The van der Waals surface area contributed by atoms with Gasteiger partial charge in [0.25, 0.3) is 0 Å². The van der Waals surface area contributed by atoms with Crippen LogP contribution < -0.4 is 5.59 Å². The van der Waals surface area contributed by atoms with E-state index in [1.165, 1.54) is 0 Å². The molecule has 3 rings (SSSR count). The molecular weight excluding hydrogens is 283 g/mol. The fourth-order valence-corrected chi connectivity index (χ4v) is 2.90. The lowest BCUT2D eigenvalue weighted by atomic mass is 9.84. The Labute approximate surface area is 129 Å². The largest absolute Gasteiger partial charge is 0.514 e. The van der Waals surface area contributed by atoms with Crippen LogP contribution in [0.4, 0.5) is 0 Å². The summed E-state index contributed by atoms with van der Waals surface area (Å²) in [7, 11) is -0.434. The lowest BCUT2D eigenvalue weighted by Gasteiger charge is -2.32. The highest BCUT2D eigenvalue weighted by Crippen LogP contribution is 2.36. The van der Waals surface area contributed by atoms with E-state index in [0.717, 1.165) is 22.0 Å². The van der Waals surface area contributed by atoms with E-state index in [9.17, 15) is 0 Å². The average molecular weight is 302 g/mol. The van der Waals surface area contributed by atoms with Gasteiger partial charge in [0.2, 0.25) is 0 Å². The van der Waals surface area contributed by atoms with Crippen LogP contribution in [0.5, 0.6) is 0 Å². The quantitative estimate of drug-likeness (QED) is 0.800. The lowest BCUT2D eigenvalue weighted by Crippen LogP contribution is -2.41. The Balaban J connectivity index is 1.91. The molecule has 2 aromatic rings. The van der Waals surface area contributed by atoms with Crippen LogP contribution in [-0.4, -0.2) is 28.3 Å². The Hall–Kier alpha value is -1.24. The summed E-state index contributed by atoms with van der Waals surface area (Å²) < 4.78 is 12.1. The molecule has 21 heavy (non-hydrogen) atoms. The van der Waals surface area contributed by atoms with Gasteiger partial charge in [-0.25, -0.2) is 4.98 Å². The zero-order chi connectivity index (χ0) is 15.3. The SMILES string of the molecule is Cc1csc(-c2cccc(B3OC(C)(C)C(C)(C)O3)n2)n1. The highest BCUT2D eigenvalue weighted by molar-refractivity contribution is 7.13. The van der Waals surface area contributed by atoms with Crippen LogP contribution in [0.3, 0.4) is 0 Å². The van der Waals surface area contributed by atoms with Crippen molar-refractivity contribution in [2.45, 2.75) is 45.8 Å². The van der Waals surface area contributed by atoms with Gasteiger partial charge in [-0.05, 0) is 46.8 Å². The molecule has 3 heterocycles. The average Bonchev–Trinajstić information content (AvgIpc) is 2.92. The van der Waals surface area contributed by atoms with Crippen LogP contribution in [0, 0.1) is 6.92 Å². The van der Waals surface area contributed by atoms with Gasteiger partial charge in [0.1, 0.15) is 5.01 Å². The molecule has 0 aliphatic carbocycles. The van der Waals surface area contributed by atoms with E-state index in [4.69, 9.17) is 9.31 Å². The molecule has 110 valence electrons. The van der Waals surface area contributed by atoms with Crippen LogP contribution in [0.1, 0.15) is 33.4 Å². The molecule has 2 aromatic heterocycles. The zero-order valence-electron chi connectivity index (χ0n) is 13.0. The summed E-state index contributed by atoms with van der Waals surface area (Å²) in [4.78, 5) is 9.15. The van der Waals surface area contributed by atoms with Gasteiger partial charge in [-0.2, -0.15) is 0 Å². The predicted molar refractivity (Wildman–Crippen MR) is 85.8 cm³/mol. The van der Waals surface area contributed by atoms with Gasteiger partial charge >= 0.3 is 7.12 Å². The van der Waals surface area contributed by atoms with Crippen LogP contribution in [0.2, 0.25) is 0 Å². The standard InChI is InChI=1S/C15H19BN2O2S/c1-10-9-21-13(17-10)11-7-6-8-12(18-11)16-19-14(2,3)15(4,5)20-16/h6-9H,1-5H3. The van der Waals surface area contributed by atoms with Gasteiger partial charge in [-0.15, -0.1) is 11.3 Å². The van der Waals surface area contributed by atoms with Crippen molar-refractivity contribution in [3.63, 3.8) is 0 Å². The van der Waals surface area contributed by atoms with E-state index in [0.29, 0.717) is 0 Å². The fourth-order valence-electron chi connectivity index (χ4n) is 2.14. The van der Waals surface area contributed by atoms with E-state index in [-0.39, 0.29) is 11.2 Å². The van der Waals surface area contributed by atoms with E-state index in [1.54, 1.807) is 11.3 Å². The summed E-state index contributed by atoms with van der Waals surface area (Å²) in [6.45, 7) is 10.2. The summed E-state index contributed by atoms with van der Waals surface area (Å²) in [5.74, 6) is 0. The lowest BCUT2D eigenvalue weighted by molar-refractivity contribution is 0.00578. The van der Waals surface area contributed by atoms with Crippen LogP contribution in [0.15, 0.2) is 23.6 Å². The second kappa shape index (κ2) is 4.90. The van der Waals surface area contributed by atoms with Gasteiger partial charge in [0, 0.05) is 11.1 Å². The normalized spacial score (nSPS) is 20.0. The molecule has 0 unspecified atom stereocenters. The van der Waals surface area contributed by atoms with Crippen molar-refractivity contribution in [2.75, 3.05) is 0 Å². The monoisotopic (exact) mass is 302 g/mol. The Morgan fingerprint density at radius 3 is 2.29 bits per heavy atom. The minimum absolute atomic E-state index is 0.354. The Morgan fingerprint density at radius 1 is 1.05 bits per heavy atom. The third-order valence-electron chi connectivity index (χ3n) is 4.10. The van der Waals surface area contributed by atoms with Crippen LogP contribution >= 0.6 is 11.3 Å². The van der Waals surface area contributed by atoms with E-state index < -0.39 is 7.12 Å². The summed E-state index contributed by atoms with van der Waals surface area (Å²) in [5.41, 5.74) is 1.96. The fraction of sp³-hybridized carbons (Fsp3) is 0.467. The molecule has 0 atom stereocenters. The molecule has 0 N–H and O–H groups in total. The molecule has 1 fully saturated rings. The second-order valence-electron chi connectivity index (χ2n) is 6.33. The molecule has 0 spiro atoms. The molecule has 0 bridgehead atoms. The highest BCUT2D eigenvalue weighted by atomic mass is 32.1. The van der Waals surface area contributed by atoms with Gasteiger partial charge < -0.3 is 9.31 Å². The molecule has 1 saturated heterocycles. The first-order valence-electron chi connectivity index (χ1n) is 7.04. The Bertz CT molecular complexity index is 653. The van der Waals surface area contributed by atoms with Crippen molar-refractivity contribution in [2.24, 2.45) is 0 Å². The van der Waals surface area contributed by atoms with Crippen molar-refractivity contribution in [1.29, 1.82) is 0 Å². The third kappa shape index (κ3) is 2.63. The number of hydrogen-bond donors (Lipinski definition) is 0. The van der Waals surface area contributed by atoms with Gasteiger partial charge in [-0.3, -0.25) is 4.98 Å². The maximum Gasteiger partial charge on any atom is 0.514 e. The summed E-state index contributed by atoms with van der Waals surface area (Å²) in [6, 6.07) is 5.87. The molecule has 0 aromatic carbocycles. The molecule has 1 aliphatic rings. The molecular formula is C15H19BN2O2S.